The van der Waals surface area contributed by atoms with Gasteiger partial charge >= 0.3 is 0 Å². The number of Topliss-reactive ketones (excluding diaryl/α,β-unsaturated/α-hetero) is 1. The molecule has 1 aliphatic heterocycles. The molecule has 3 heteroatoms. The highest BCUT2D eigenvalue weighted by Crippen LogP contribution is 2.21. The van der Waals surface area contributed by atoms with E-state index in [2.05, 4.69) is 0 Å². The molecule has 0 aromatic carbocycles. The Kier molecular flexibility index (Phi) is 2.62. The van der Waals surface area contributed by atoms with Crippen molar-refractivity contribution in [1.29, 1.82) is 0 Å². The fourth-order valence-corrected chi connectivity index (χ4v) is 1.23. The topological polar surface area (TPSA) is 35.5 Å². The van der Waals surface area contributed by atoms with Crippen LogP contribution in [0, 0.1) is 0 Å². The van der Waals surface area contributed by atoms with E-state index >= 15 is 0 Å². The van der Waals surface area contributed by atoms with Crippen LogP contribution in [0.4, 0.5) is 0 Å². The summed E-state index contributed by atoms with van der Waals surface area (Å²) < 4.78 is 10.7. The molecule has 1 fully saturated rings. The molecule has 1 saturated heterocycles. The van der Waals surface area contributed by atoms with E-state index in [1.165, 1.54) is 0 Å². The van der Waals surface area contributed by atoms with E-state index < -0.39 is 5.79 Å². The first-order valence-electron chi connectivity index (χ1n) is 3.90. The molecule has 1 heterocycles. The Morgan fingerprint density at radius 2 is 2.00 bits per heavy atom. The van der Waals surface area contributed by atoms with Gasteiger partial charge in [-0.25, -0.2) is 0 Å². The number of carbonyl (C=O) groups excluding carboxylic acids is 1. The third kappa shape index (κ3) is 2.60. The van der Waals surface area contributed by atoms with E-state index in [0.717, 1.165) is 6.42 Å². The molecule has 0 N–H and O–H groups in total. The molecule has 0 amide bonds. The zero-order chi connectivity index (χ0) is 8.32. The van der Waals surface area contributed by atoms with E-state index in [9.17, 15) is 4.79 Å². The van der Waals surface area contributed by atoms with E-state index in [0.29, 0.717) is 19.6 Å². The predicted molar refractivity (Wildman–Crippen MR) is 40.2 cm³/mol. The molecule has 0 unspecified atom stereocenters. The number of rotatable bonds is 2. The molecule has 0 aromatic heterocycles. The zero-order valence-electron chi connectivity index (χ0n) is 7.05. The van der Waals surface area contributed by atoms with E-state index in [-0.39, 0.29) is 5.78 Å². The SMILES string of the molecule is CC(=O)CC1(C)OCCCO1. The van der Waals surface area contributed by atoms with E-state index in [1.54, 1.807) is 6.92 Å². The molecule has 3 nitrogen and oxygen atoms in total. The summed E-state index contributed by atoms with van der Waals surface area (Å²) in [6.45, 7) is 4.76. The summed E-state index contributed by atoms with van der Waals surface area (Å²) in [6.07, 6.45) is 1.28. The second-order valence-corrected chi connectivity index (χ2v) is 3.06. The first-order valence-corrected chi connectivity index (χ1v) is 3.90. The third-order valence-corrected chi connectivity index (χ3v) is 1.67. The van der Waals surface area contributed by atoms with Gasteiger partial charge < -0.3 is 9.47 Å². The van der Waals surface area contributed by atoms with Gasteiger partial charge in [-0.2, -0.15) is 0 Å². The number of ether oxygens (including phenoxy) is 2. The minimum absolute atomic E-state index is 0.106. The minimum atomic E-state index is -0.649. The average molecular weight is 158 g/mol. The van der Waals surface area contributed by atoms with Gasteiger partial charge in [0.15, 0.2) is 5.79 Å². The van der Waals surface area contributed by atoms with Gasteiger partial charge in [0.1, 0.15) is 5.78 Å². The molecule has 11 heavy (non-hydrogen) atoms. The minimum Gasteiger partial charge on any atom is -0.350 e. The van der Waals surface area contributed by atoms with Crippen molar-refractivity contribution in [2.45, 2.75) is 32.5 Å². The first-order chi connectivity index (χ1) is 5.12. The van der Waals surface area contributed by atoms with Crippen LogP contribution in [0.25, 0.3) is 0 Å². The fraction of sp³-hybridized carbons (Fsp3) is 0.875. The molecule has 64 valence electrons. The number of carbonyl (C=O) groups is 1. The molecule has 0 spiro atoms. The number of hydrogen-bond acceptors (Lipinski definition) is 3. The molecule has 0 saturated carbocycles. The Hall–Kier alpha value is -0.410. The van der Waals surface area contributed by atoms with Crippen LogP contribution in [0.5, 0.6) is 0 Å². The molecule has 0 aromatic rings. The van der Waals surface area contributed by atoms with Gasteiger partial charge in [-0.05, 0) is 20.3 Å². The van der Waals surface area contributed by atoms with Crippen molar-refractivity contribution in [3.05, 3.63) is 0 Å². The maximum atomic E-state index is 10.8. The predicted octanol–water partition coefficient (Wildman–Crippen LogP) is 1.12. The second-order valence-electron chi connectivity index (χ2n) is 3.06. The van der Waals surface area contributed by atoms with Gasteiger partial charge in [0.2, 0.25) is 0 Å². The Balaban J connectivity index is 2.43. The van der Waals surface area contributed by atoms with Crippen LogP contribution in [0.15, 0.2) is 0 Å². The normalized spacial score (nSPS) is 23.1. The molecule has 0 aliphatic carbocycles. The Morgan fingerprint density at radius 3 is 2.45 bits per heavy atom. The van der Waals surface area contributed by atoms with E-state index in [1.807, 2.05) is 6.92 Å². The van der Waals surface area contributed by atoms with Crippen molar-refractivity contribution in [2.24, 2.45) is 0 Å². The molecular weight excluding hydrogens is 144 g/mol. The Morgan fingerprint density at radius 1 is 1.45 bits per heavy atom. The van der Waals surface area contributed by atoms with Gasteiger partial charge in [-0.3, -0.25) is 4.79 Å². The molecular formula is C8H14O3. The Labute approximate surface area is 66.7 Å². The average Bonchev–Trinajstić information content (AvgIpc) is 1.85. The van der Waals surface area contributed by atoms with Gasteiger partial charge in [0, 0.05) is 0 Å². The summed E-state index contributed by atoms with van der Waals surface area (Å²) in [5, 5.41) is 0. The van der Waals surface area contributed by atoms with Crippen molar-refractivity contribution < 1.29 is 14.3 Å². The summed E-state index contributed by atoms with van der Waals surface area (Å²) in [6, 6.07) is 0. The monoisotopic (exact) mass is 158 g/mol. The smallest absolute Gasteiger partial charge is 0.172 e. The lowest BCUT2D eigenvalue weighted by molar-refractivity contribution is -0.255. The van der Waals surface area contributed by atoms with E-state index in [4.69, 9.17) is 9.47 Å². The molecule has 0 bridgehead atoms. The van der Waals surface area contributed by atoms with Crippen molar-refractivity contribution in [2.75, 3.05) is 13.2 Å². The van der Waals surface area contributed by atoms with Crippen LogP contribution in [-0.2, 0) is 14.3 Å². The lowest BCUT2D eigenvalue weighted by atomic mass is 10.1. The lowest BCUT2D eigenvalue weighted by Crippen LogP contribution is -2.39. The van der Waals surface area contributed by atoms with Crippen LogP contribution >= 0.6 is 0 Å². The zero-order valence-corrected chi connectivity index (χ0v) is 7.05. The standard InChI is InChI=1S/C8H14O3/c1-7(9)6-8(2)10-4-3-5-11-8/h3-6H2,1-2H3. The highest BCUT2D eigenvalue weighted by molar-refractivity contribution is 5.76. The van der Waals surface area contributed by atoms with Crippen molar-refractivity contribution in [3.8, 4) is 0 Å². The molecule has 1 aliphatic rings. The largest absolute Gasteiger partial charge is 0.350 e. The quantitative estimate of drug-likeness (QED) is 0.604. The first kappa shape index (κ1) is 8.68. The van der Waals surface area contributed by atoms with Crippen LogP contribution in [-0.4, -0.2) is 24.8 Å². The van der Waals surface area contributed by atoms with Gasteiger partial charge in [-0.1, -0.05) is 0 Å². The highest BCUT2D eigenvalue weighted by Gasteiger charge is 2.30. The van der Waals surface area contributed by atoms with Gasteiger partial charge in [-0.15, -0.1) is 0 Å². The van der Waals surface area contributed by atoms with Crippen LogP contribution < -0.4 is 0 Å². The fourth-order valence-electron chi connectivity index (χ4n) is 1.23. The van der Waals surface area contributed by atoms with Crippen molar-refractivity contribution >= 4 is 5.78 Å². The lowest BCUT2D eigenvalue weighted by Gasteiger charge is -2.32. The van der Waals surface area contributed by atoms with Crippen LogP contribution in [0.2, 0.25) is 0 Å². The number of ketones is 1. The Bertz CT molecular complexity index is 147. The second kappa shape index (κ2) is 3.32. The summed E-state index contributed by atoms with van der Waals surface area (Å²) in [5.41, 5.74) is 0. The maximum Gasteiger partial charge on any atom is 0.172 e. The molecule has 0 atom stereocenters. The van der Waals surface area contributed by atoms with Crippen LogP contribution in [0.3, 0.4) is 0 Å². The summed E-state index contributed by atoms with van der Waals surface area (Å²) >= 11 is 0. The molecule has 0 radical (unpaired) electrons. The number of hydrogen-bond donors (Lipinski definition) is 0. The van der Waals surface area contributed by atoms with Gasteiger partial charge in [0.25, 0.3) is 0 Å². The van der Waals surface area contributed by atoms with Crippen LogP contribution in [0.1, 0.15) is 26.7 Å². The third-order valence-electron chi connectivity index (χ3n) is 1.67. The van der Waals surface area contributed by atoms with Crippen molar-refractivity contribution in [3.63, 3.8) is 0 Å². The van der Waals surface area contributed by atoms with Crippen molar-refractivity contribution in [1.82, 2.24) is 0 Å². The van der Waals surface area contributed by atoms with Gasteiger partial charge in [0.05, 0.1) is 19.6 Å². The highest BCUT2D eigenvalue weighted by atomic mass is 16.7. The summed E-state index contributed by atoms with van der Waals surface area (Å²) in [5.74, 6) is -0.543. The summed E-state index contributed by atoms with van der Waals surface area (Å²) in [7, 11) is 0. The molecule has 1 rings (SSSR count). The summed E-state index contributed by atoms with van der Waals surface area (Å²) in [4.78, 5) is 10.8. The maximum absolute atomic E-state index is 10.8.